The van der Waals surface area contributed by atoms with Crippen LogP contribution in [0.5, 0.6) is 5.75 Å². The van der Waals surface area contributed by atoms with Crippen molar-refractivity contribution in [2.75, 3.05) is 29.6 Å². The molecule has 212 valence electrons. The highest BCUT2D eigenvalue weighted by Gasteiger charge is 2.31. The van der Waals surface area contributed by atoms with E-state index in [9.17, 15) is 18.0 Å². The van der Waals surface area contributed by atoms with E-state index in [2.05, 4.69) is 45.7 Å². The van der Waals surface area contributed by atoms with E-state index in [4.69, 9.17) is 0 Å². The summed E-state index contributed by atoms with van der Waals surface area (Å²) in [6.45, 7) is 0.0842. The van der Waals surface area contributed by atoms with Gasteiger partial charge in [-0.15, -0.1) is 13.2 Å². The van der Waals surface area contributed by atoms with Crippen molar-refractivity contribution in [2.24, 2.45) is 7.05 Å². The van der Waals surface area contributed by atoms with Gasteiger partial charge in [0.1, 0.15) is 23.6 Å². The maximum atomic E-state index is 12.6. The first kappa shape index (κ1) is 27.2. The average molecular weight is 568 g/mol. The number of nitrogens with zero attached hydrogens (tertiary/aromatic N) is 8. The highest BCUT2D eigenvalue weighted by Crippen LogP contribution is 2.29. The number of aromatic nitrogens is 7. The van der Waals surface area contributed by atoms with E-state index < -0.39 is 6.36 Å². The number of nitrogens with one attached hydrogen (secondary N) is 3. The molecule has 0 saturated carbocycles. The van der Waals surface area contributed by atoms with Gasteiger partial charge < -0.3 is 25.6 Å². The summed E-state index contributed by atoms with van der Waals surface area (Å²) in [4.78, 5) is 31.3. The molecule has 0 aliphatic carbocycles. The van der Waals surface area contributed by atoms with Gasteiger partial charge in [0.05, 0.1) is 23.8 Å². The van der Waals surface area contributed by atoms with Crippen LogP contribution in [0.1, 0.15) is 0 Å². The predicted molar refractivity (Wildman–Crippen MR) is 145 cm³/mol. The third-order valence-corrected chi connectivity index (χ3v) is 5.86. The fourth-order valence-electron chi connectivity index (χ4n) is 3.86. The van der Waals surface area contributed by atoms with Crippen LogP contribution in [0.25, 0.3) is 11.2 Å². The minimum Gasteiger partial charge on any atom is -0.406 e. The van der Waals surface area contributed by atoms with E-state index in [1.54, 1.807) is 60.5 Å². The van der Waals surface area contributed by atoms with Gasteiger partial charge in [0.25, 0.3) is 0 Å². The highest BCUT2D eigenvalue weighted by molar-refractivity contribution is 5.80. The zero-order valence-electron chi connectivity index (χ0n) is 22.0. The predicted octanol–water partition coefficient (Wildman–Crippen LogP) is 3.85. The summed E-state index contributed by atoms with van der Waals surface area (Å²) in [5, 5.41) is 12.8. The summed E-state index contributed by atoms with van der Waals surface area (Å²) in [7, 11) is 5.10. The molecule has 0 unspecified atom stereocenters. The van der Waals surface area contributed by atoms with Crippen molar-refractivity contribution >= 4 is 51.8 Å². The zero-order valence-corrected chi connectivity index (χ0v) is 22.0. The van der Waals surface area contributed by atoms with Gasteiger partial charge in [-0.05, 0) is 24.3 Å². The minimum absolute atomic E-state index is 0.0842. The van der Waals surface area contributed by atoms with Gasteiger partial charge in [-0.25, -0.2) is 15.0 Å². The molecular weight excluding hydrogens is 543 g/mol. The number of amides is 1. The van der Waals surface area contributed by atoms with Crippen LogP contribution in [-0.4, -0.2) is 60.6 Å². The number of rotatable bonds is 9. The Balaban J connectivity index is 1.32. The SMILES string of the molecule is CNC(=O)Cn1cc(Nc2nccc(N(C)c3cnc4c(c3)nc(Nc3cccc(OC(F)(F)F)c3)n4C)n2)cn1. The van der Waals surface area contributed by atoms with Gasteiger partial charge in [-0.3, -0.25) is 14.0 Å². The number of hydrogen-bond donors (Lipinski definition) is 3. The van der Waals surface area contributed by atoms with Gasteiger partial charge in [-0.1, -0.05) is 6.07 Å². The van der Waals surface area contributed by atoms with Crippen molar-refractivity contribution < 1.29 is 22.7 Å². The molecular formula is C25H24F3N11O2. The van der Waals surface area contributed by atoms with Crippen LogP contribution in [0.3, 0.4) is 0 Å². The lowest BCUT2D eigenvalue weighted by Gasteiger charge is -2.18. The number of carbonyl (C=O) groups is 1. The van der Waals surface area contributed by atoms with E-state index in [1.807, 2.05) is 13.1 Å². The maximum Gasteiger partial charge on any atom is 0.573 e. The number of carbonyl (C=O) groups excluding carboxylic acids is 1. The summed E-state index contributed by atoms with van der Waals surface area (Å²) < 4.78 is 45.0. The molecule has 0 aliphatic rings. The Morgan fingerprint density at radius 1 is 1.07 bits per heavy atom. The summed E-state index contributed by atoms with van der Waals surface area (Å²) in [5.41, 5.74) is 2.78. The number of benzene rings is 1. The summed E-state index contributed by atoms with van der Waals surface area (Å²) in [5.74, 6) is 0.744. The van der Waals surface area contributed by atoms with Gasteiger partial charge in [0, 0.05) is 45.3 Å². The topological polar surface area (TPSA) is 140 Å². The number of pyridine rings is 1. The molecule has 0 spiro atoms. The van der Waals surface area contributed by atoms with Crippen LogP contribution in [0, 0.1) is 0 Å². The first-order valence-electron chi connectivity index (χ1n) is 12.1. The molecule has 16 heteroatoms. The number of ether oxygens (including phenoxy) is 1. The van der Waals surface area contributed by atoms with E-state index in [0.29, 0.717) is 45.9 Å². The largest absolute Gasteiger partial charge is 0.573 e. The second-order valence-corrected chi connectivity index (χ2v) is 8.75. The summed E-state index contributed by atoms with van der Waals surface area (Å²) in [6, 6.07) is 9.03. The molecule has 4 heterocycles. The minimum atomic E-state index is -4.79. The molecule has 0 bridgehead atoms. The maximum absolute atomic E-state index is 12.6. The van der Waals surface area contributed by atoms with Crippen molar-refractivity contribution in [1.29, 1.82) is 0 Å². The van der Waals surface area contributed by atoms with Gasteiger partial charge in [0.15, 0.2) is 5.65 Å². The van der Waals surface area contributed by atoms with E-state index in [1.165, 1.54) is 22.9 Å². The van der Waals surface area contributed by atoms with Crippen LogP contribution in [0.2, 0.25) is 0 Å². The monoisotopic (exact) mass is 567 g/mol. The van der Waals surface area contributed by atoms with Gasteiger partial charge >= 0.3 is 6.36 Å². The van der Waals surface area contributed by atoms with Crippen molar-refractivity contribution in [3.63, 3.8) is 0 Å². The molecule has 13 nitrogen and oxygen atoms in total. The molecule has 0 saturated heterocycles. The van der Waals surface area contributed by atoms with Crippen LogP contribution in [0.4, 0.5) is 47.9 Å². The van der Waals surface area contributed by atoms with E-state index in [-0.39, 0.29) is 18.2 Å². The normalized spacial score (nSPS) is 11.4. The van der Waals surface area contributed by atoms with Crippen molar-refractivity contribution in [2.45, 2.75) is 12.9 Å². The molecule has 1 aromatic carbocycles. The second kappa shape index (κ2) is 11.0. The quantitative estimate of drug-likeness (QED) is 0.241. The van der Waals surface area contributed by atoms with E-state index in [0.717, 1.165) is 0 Å². The Bertz CT molecular complexity index is 1700. The Morgan fingerprint density at radius 3 is 2.68 bits per heavy atom. The molecule has 41 heavy (non-hydrogen) atoms. The van der Waals surface area contributed by atoms with Crippen LogP contribution in [0.15, 0.2) is 61.2 Å². The first-order chi connectivity index (χ1) is 19.6. The molecule has 0 atom stereocenters. The molecule has 1 amide bonds. The number of hydrogen-bond acceptors (Lipinski definition) is 10. The first-order valence-corrected chi connectivity index (χ1v) is 12.1. The molecule has 0 aliphatic heterocycles. The van der Waals surface area contributed by atoms with Crippen molar-refractivity contribution in [3.05, 3.63) is 61.2 Å². The summed E-state index contributed by atoms with van der Waals surface area (Å²) >= 11 is 0. The average Bonchev–Trinajstić information content (AvgIpc) is 3.50. The molecule has 5 aromatic rings. The Hall–Kier alpha value is -5.41. The number of likely N-dealkylation sites (N-methyl/N-ethyl adjacent to an activating group) is 1. The lowest BCUT2D eigenvalue weighted by Crippen LogP contribution is -2.23. The fourth-order valence-corrected chi connectivity index (χ4v) is 3.86. The number of fused-ring (bicyclic) bond motifs is 1. The molecule has 4 aromatic heterocycles. The highest BCUT2D eigenvalue weighted by atomic mass is 19.4. The van der Waals surface area contributed by atoms with Crippen molar-refractivity contribution in [3.8, 4) is 5.75 Å². The molecule has 0 fully saturated rings. The number of halogens is 3. The van der Waals surface area contributed by atoms with E-state index >= 15 is 0 Å². The second-order valence-electron chi connectivity index (χ2n) is 8.75. The van der Waals surface area contributed by atoms with Gasteiger partial charge in [-0.2, -0.15) is 10.1 Å². The van der Waals surface area contributed by atoms with Gasteiger partial charge in [0.2, 0.25) is 17.8 Å². The fraction of sp³-hybridized carbons (Fsp3) is 0.200. The smallest absolute Gasteiger partial charge is 0.406 e. The Kier molecular flexibility index (Phi) is 7.28. The Labute approximate surface area is 231 Å². The Morgan fingerprint density at radius 2 is 1.90 bits per heavy atom. The number of anilines is 6. The third-order valence-electron chi connectivity index (χ3n) is 5.86. The van der Waals surface area contributed by atoms with Crippen LogP contribution < -0.4 is 25.6 Å². The van der Waals surface area contributed by atoms with Crippen LogP contribution >= 0.6 is 0 Å². The standard InChI is InChI=1S/C25H24F3N11O2/c1-29-21(40)14-39-13-16(11-32-39)33-23-30-8-7-20(36-23)37(2)17-10-19-22(31-12-17)38(3)24(35-19)34-15-5-4-6-18(9-15)41-25(26,27)28/h4-13H,14H2,1-3H3,(H,29,40)(H,34,35)(H,30,33,36). The summed E-state index contributed by atoms with van der Waals surface area (Å²) in [6.07, 6.45) is 1.69. The molecule has 5 rings (SSSR count). The molecule has 0 radical (unpaired) electrons. The number of alkyl halides is 3. The van der Waals surface area contributed by atoms with Crippen LogP contribution in [-0.2, 0) is 18.4 Å². The number of aryl methyl sites for hydroxylation is 1. The lowest BCUT2D eigenvalue weighted by atomic mass is 10.3. The third kappa shape index (κ3) is 6.43. The lowest BCUT2D eigenvalue weighted by molar-refractivity contribution is -0.274. The van der Waals surface area contributed by atoms with Crippen molar-refractivity contribution in [1.82, 2.24) is 39.6 Å². The molecule has 3 N–H and O–H groups in total. The zero-order chi connectivity index (χ0) is 29.1. The number of imidazole rings is 1.